The molecule has 128 valence electrons. The van der Waals surface area contributed by atoms with Gasteiger partial charge < -0.3 is 28.9 Å². The van der Waals surface area contributed by atoms with E-state index < -0.39 is 14.9 Å². The molecule has 0 amide bonds. The molecule has 0 aliphatic carbocycles. The Morgan fingerprint density at radius 3 is 2.55 bits per heavy atom. The maximum absolute atomic E-state index is 9.87. The average molecular weight is 334 g/mol. The van der Waals surface area contributed by atoms with Gasteiger partial charge in [0.2, 0.25) is 0 Å². The highest BCUT2D eigenvalue weighted by atomic mass is 28.4. The molecule has 0 saturated carbocycles. The Balaban J connectivity index is 2.18. The number of nitrogens with two attached hydrogens (primary N) is 1. The summed E-state index contributed by atoms with van der Waals surface area (Å²) in [4.78, 5) is 0. The van der Waals surface area contributed by atoms with Crippen LogP contribution >= 0.6 is 0 Å². The third-order valence-corrected chi connectivity index (χ3v) is 6.04. The Bertz CT molecular complexity index is 408. The normalized spacial score (nSPS) is 13.5. The van der Waals surface area contributed by atoms with Gasteiger partial charge in [-0.15, -0.1) is 5.10 Å². The van der Waals surface area contributed by atoms with E-state index in [4.69, 9.17) is 23.7 Å². The molecule has 10 heteroatoms. The molecule has 1 unspecified atom stereocenters. The molecule has 0 aliphatic rings. The fourth-order valence-electron chi connectivity index (χ4n) is 1.96. The molecule has 1 heterocycles. The van der Waals surface area contributed by atoms with E-state index in [0.29, 0.717) is 31.4 Å². The van der Waals surface area contributed by atoms with Crippen LogP contribution in [-0.2, 0) is 31.1 Å². The Morgan fingerprint density at radius 2 is 2.00 bits per heavy atom. The van der Waals surface area contributed by atoms with E-state index in [1.165, 1.54) is 0 Å². The Morgan fingerprint density at radius 1 is 1.32 bits per heavy atom. The van der Waals surface area contributed by atoms with Crippen molar-refractivity contribution in [2.24, 2.45) is 5.73 Å². The SMILES string of the molecule is CO[Si](CCCOCC(O)Cn1cc(CN)nn1)(OC)OC. The van der Waals surface area contributed by atoms with Gasteiger partial charge in [0.05, 0.1) is 24.9 Å². The lowest BCUT2D eigenvalue weighted by Crippen LogP contribution is -2.42. The molecule has 3 N–H and O–H groups in total. The van der Waals surface area contributed by atoms with Crippen molar-refractivity contribution in [1.29, 1.82) is 0 Å². The predicted molar refractivity (Wildman–Crippen MR) is 80.9 cm³/mol. The standard InChI is InChI=1S/C12H26N4O5Si/c1-18-22(19-2,20-3)6-4-5-21-10-12(17)9-16-8-11(7-13)14-15-16/h8,12,17H,4-7,9-10,13H2,1-3H3. The van der Waals surface area contributed by atoms with Gasteiger partial charge >= 0.3 is 8.80 Å². The summed E-state index contributed by atoms with van der Waals surface area (Å²) in [5.74, 6) is 0. The molecule has 0 spiro atoms. The number of hydrogen-bond donors (Lipinski definition) is 2. The summed E-state index contributed by atoms with van der Waals surface area (Å²) in [6.45, 7) is 1.36. The van der Waals surface area contributed by atoms with E-state index in [0.717, 1.165) is 6.42 Å². The van der Waals surface area contributed by atoms with Gasteiger partial charge in [0.15, 0.2) is 0 Å². The van der Waals surface area contributed by atoms with E-state index >= 15 is 0 Å². The molecule has 0 radical (unpaired) electrons. The predicted octanol–water partition coefficient (Wildman–Crippen LogP) is -0.617. The molecular weight excluding hydrogens is 308 g/mol. The van der Waals surface area contributed by atoms with Crippen LogP contribution < -0.4 is 5.73 Å². The zero-order valence-electron chi connectivity index (χ0n) is 13.4. The van der Waals surface area contributed by atoms with Crippen LogP contribution in [0.1, 0.15) is 12.1 Å². The summed E-state index contributed by atoms with van der Waals surface area (Å²) in [7, 11) is 2.21. The van der Waals surface area contributed by atoms with Gasteiger partial charge in [0.1, 0.15) is 0 Å². The number of aliphatic hydroxyl groups is 1. The Kier molecular flexibility index (Phi) is 8.71. The largest absolute Gasteiger partial charge is 0.500 e. The van der Waals surface area contributed by atoms with Gasteiger partial charge in [0, 0.05) is 46.7 Å². The van der Waals surface area contributed by atoms with Gasteiger partial charge in [-0.05, 0) is 6.42 Å². The van der Waals surface area contributed by atoms with Gasteiger partial charge in [-0.1, -0.05) is 5.21 Å². The lowest BCUT2D eigenvalue weighted by molar-refractivity contribution is 0.0247. The third kappa shape index (κ3) is 6.08. The maximum atomic E-state index is 9.87. The summed E-state index contributed by atoms with van der Waals surface area (Å²) < 4.78 is 22.9. The molecule has 0 aliphatic heterocycles. The first-order chi connectivity index (χ1) is 10.6. The Labute approximate surface area is 131 Å². The molecule has 1 aromatic rings. The first-order valence-electron chi connectivity index (χ1n) is 7.09. The second-order valence-corrected chi connectivity index (χ2v) is 7.85. The molecule has 9 nitrogen and oxygen atoms in total. The smallest absolute Gasteiger partial charge is 0.389 e. The number of rotatable bonds is 12. The highest BCUT2D eigenvalue weighted by Gasteiger charge is 2.36. The van der Waals surface area contributed by atoms with Crippen LogP contribution in [0.25, 0.3) is 0 Å². The highest BCUT2D eigenvalue weighted by molar-refractivity contribution is 6.60. The van der Waals surface area contributed by atoms with Crippen molar-refractivity contribution < 1.29 is 23.1 Å². The lowest BCUT2D eigenvalue weighted by Gasteiger charge is -2.24. The first kappa shape index (κ1) is 19.2. The number of nitrogens with zero attached hydrogens (tertiary/aromatic N) is 3. The summed E-state index contributed by atoms with van der Waals surface area (Å²) in [5, 5.41) is 17.6. The Hall–Kier alpha value is -0.883. The van der Waals surface area contributed by atoms with Crippen molar-refractivity contribution in [2.45, 2.75) is 31.7 Å². The van der Waals surface area contributed by atoms with Crippen LogP contribution in [0.4, 0.5) is 0 Å². The van der Waals surface area contributed by atoms with Gasteiger partial charge in [-0.2, -0.15) is 0 Å². The van der Waals surface area contributed by atoms with Crippen LogP contribution in [0, 0.1) is 0 Å². The quantitative estimate of drug-likeness (QED) is 0.384. The summed E-state index contributed by atoms with van der Waals surface area (Å²) in [6, 6.07) is 0.662. The molecule has 0 aromatic carbocycles. The fourth-order valence-corrected chi connectivity index (χ4v) is 3.65. The second-order valence-electron chi connectivity index (χ2n) is 4.76. The van der Waals surface area contributed by atoms with E-state index in [2.05, 4.69) is 10.3 Å². The summed E-state index contributed by atoms with van der Waals surface area (Å²) in [5.41, 5.74) is 6.13. The zero-order chi connectivity index (χ0) is 16.4. The second kappa shape index (κ2) is 10.00. The van der Waals surface area contributed by atoms with Crippen LogP contribution in [0.3, 0.4) is 0 Å². The molecule has 0 fully saturated rings. The molecule has 1 aromatic heterocycles. The van der Waals surface area contributed by atoms with Crippen molar-refractivity contribution in [3.63, 3.8) is 0 Å². The van der Waals surface area contributed by atoms with Crippen LogP contribution in [0.2, 0.25) is 6.04 Å². The number of ether oxygens (including phenoxy) is 1. The molecule has 1 atom stereocenters. The van der Waals surface area contributed by atoms with Crippen molar-refractivity contribution in [2.75, 3.05) is 34.5 Å². The van der Waals surface area contributed by atoms with E-state index in [1.807, 2.05) is 0 Å². The molecule has 1 rings (SSSR count). The number of aliphatic hydroxyl groups excluding tert-OH is 1. The lowest BCUT2D eigenvalue weighted by atomic mass is 10.4. The van der Waals surface area contributed by atoms with E-state index in [-0.39, 0.29) is 6.61 Å². The fraction of sp³-hybridized carbons (Fsp3) is 0.833. The molecular formula is C12H26N4O5Si. The monoisotopic (exact) mass is 334 g/mol. The molecule has 0 bridgehead atoms. The third-order valence-electron chi connectivity index (χ3n) is 3.21. The van der Waals surface area contributed by atoms with Crippen LogP contribution in [0.5, 0.6) is 0 Å². The number of aromatic nitrogens is 3. The minimum absolute atomic E-state index is 0.222. The van der Waals surface area contributed by atoms with Crippen molar-refractivity contribution in [1.82, 2.24) is 15.0 Å². The minimum atomic E-state index is -2.53. The minimum Gasteiger partial charge on any atom is -0.389 e. The topological polar surface area (TPSA) is 114 Å². The summed E-state index contributed by atoms with van der Waals surface area (Å²) in [6.07, 6.45) is 1.79. The van der Waals surface area contributed by atoms with Crippen LogP contribution in [-0.4, -0.2) is 69.6 Å². The van der Waals surface area contributed by atoms with Crippen molar-refractivity contribution in [3.8, 4) is 0 Å². The average Bonchev–Trinajstić information content (AvgIpc) is 2.99. The van der Waals surface area contributed by atoms with Crippen LogP contribution in [0.15, 0.2) is 6.20 Å². The van der Waals surface area contributed by atoms with Gasteiger partial charge in [-0.25, -0.2) is 4.68 Å². The van der Waals surface area contributed by atoms with E-state index in [1.54, 1.807) is 32.2 Å². The van der Waals surface area contributed by atoms with Crippen molar-refractivity contribution >= 4 is 8.80 Å². The first-order valence-corrected chi connectivity index (χ1v) is 9.02. The van der Waals surface area contributed by atoms with E-state index in [9.17, 15) is 5.11 Å². The number of hydrogen-bond acceptors (Lipinski definition) is 8. The summed E-state index contributed by atoms with van der Waals surface area (Å²) >= 11 is 0. The van der Waals surface area contributed by atoms with Gasteiger partial charge in [0.25, 0.3) is 0 Å². The molecule has 22 heavy (non-hydrogen) atoms. The zero-order valence-corrected chi connectivity index (χ0v) is 14.4. The molecule has 0 saturated heterocycles. The van der Waals surface area contributed by atoms with Crippen molar-refractivity contribution in [3.05, 3.63) is 11.9 Å². The maximum Gasteiger partial charge on any atom is 0.500 e. The highest BCUT2D eigenvalue weighted by Crippen LogP contribution is 2.14. The van der Waals surface area contributed by atoms with Gasteiger partial charge in [-0.3, -0.25) is 0 Å².